The van der Waals surface area contributed by atoms with E-state index in [2.05, 4.69) is 10.3 Å². The molecule has 1 fully saturated rings. The van der Waals surface area contributed by atoms with Crippen LogP contribution in [0.3, 0.4) is 0 Å². The second-order valence-corrected chi connectivity index (χ2v) is 11.5. The topological polar surface area (TPSA) is 89.1 Å². The van der Waals surface area contributed by atoms with Gasteiger partial charge in [-0.3, -0.25) is 19.3 Å². The lowest BCUT2D eigenvalue weighted by Crippen LogP contribution is -2.52. The van der Waals surface area contributed by atoms with Crippen LogP contribution in [0.15, 0.2) is 42.5 Å². The minimum atomic E-state index is -4.64. The summed E-state index contributed by atoms with van der Waals surface area (Å²) in [5, 5.41) is 3.30. The van der Waals surface area contributed by atoms with Crippen molar-refractivity contribution in [3.63, 3.8) is 0 Å². The molecule has 1 aromatic carbocycles. The maximum atomic E-state index is 13.9. The van der Waals surface area contributed by atoms with E-state index in [0.29, 0.717) is 48.9 Å². The number of aromatic nitrogens is 1. The maximum Gasteiger partial charge on any atom is 0.416 e. The van der Waals surface area contributed by atoms with E-state index in [1.165, 1.54) is 17.9 Å². The number of carbonyl (C=O) groups is 3. The van der Waals surface area contributed by atoms with Crippen molar-refractivity contribution in [2.45, 2.75) is 38.4 Å². The van der Waals surface area contributed by atoms with Gasteiger partial charge in [0.2, 0.25) is 17.7 Å². The summed E-state index contributed by atoms with van der Waals surface area (Å²) in [7, 11) is 5.40. The molecule has 0 saturated carbocycles. The van der Waals surface area contributed by atoms with Gasteiger partial charge < -0.3 is 20.0 Å². The first kappa shape index (κ1) is 32.3. The largest absolute Gasteiger partial charge is 0.416 e. The first-order chi connectivity index (χ1) is 20.3. The summed E-state index contributed by atoms with van der Waals surface area (Å²) in [6.07, 6.45) is -0.0397. The number of halogens is 4. The van der Waals surface area contributed by atoms with Crippen LogP contribution in [-0.4, -0.2) is 81.0 Å². The van der Waals surface area contributed by atoms with E-state index in [0.717, 1.165) is 17.0 Å². The zero-order chi connectivity index (χ0) is 31.5. The summed E-state index contributed by atoms with van der Waals surface area (Å²) in [5.41, 5.74) is 0.333. The molecule has 3 heterocycles. The Balaban J connectivity index is 1.58. The number of likely N-dealkylation sites (N-methyl/N-ethyl adjacent to an activating group) is 2. The molecule has 2 aliphatic rings. The number of unbranched alkanes of at least 4 members (excludes halogenated alkanes) is 1. The quantitative estimate of drug-likeness (QED) is 0.333. The van der Waals surface area contributed by atoms with Gasteiger partial charge in [-0.2, -0.15) is 13.2 Å². The van der Waals surface area contributed by atoms with Crippen LogP contribution in [0.25, 0.3) is 0 Å². The Labute approximate surface area is 254 Å². The molecular formula is C30H36ClF3N6O3. The molecule has 0 unspecified atom stereocenters. The van der Waals surface area contributed by atoms with Crippen LogP contribution in [0.1, 0.15) is 30.5 Å². The van der Waals surface area contributed by atoms with Crippen molar-refractivity contribution in [3.05, 3.63) is 58.8 Å². The number of nitrogens with one attached hydrogen (secondary N) is 1. The van der Waals surface area contributed by atoms with Gasteiger partial charge in [-0.25, -0.2) is 4.98 Å². The Morgan fingerprint density at radius 2 is 1.95 bits per heavy atom. The highest BCUT2D eigenvalue weighted by Gasteiger charge is 2.49. The van der Waals surface area contributed by atoms with Gasteiger partial charge in [0.1, 0.15) is 11.9 Å². The molecule has 3 amide bonds. The fraction of sp³-hybridized carbons (Fsp3) is 0.467. The summed E-state index contributed by atoms with van der Waals surface area (Å²) < 4.78 is 40.9. The van der Waals surface area contributed by atoms with Crippen molar-refractivity contribution in [1.82, 2.24) is 15.2 Å². The number of amides is 3. The molecule has 13 heteroatoms. The molecule has 43 heavy (non-hydrogen) atoms. The van der Waals surface area contributed by atoms with E-state index in [1.807, 2.05) is 23.9 Å². The molecule has 1 aromatic heterocycles. The molecule has 2 atom stereocenters. The summed E-state index contributed by atoms with van der Waals surface area (Å²) in [5.74, 6) is -1.79. The monoisotopic (exact) mass is 620 g/mol. The lowest BCUT2D eigenvalue weighted by atomic mass is 9.95. The summed E-state index contributed by atoms with van der Waals surface area (Å²) in [4.78, 5) is 50.1. The zero-order valence-corrected chi connectivity index (χ0v) is 25.4. The lowest BCUT2D eigenvalue weighted by Gasteiger charge is -2.39. The van der Waals surface area contributed by atoms with Crippen LogP contribution >= 0.6 is 11.6 Å². The zero-order valence-electron chi connectivity index (χ0n) is 24.6. The lowest BCUT2D eigenvalue weighted by molar-refractivity contribution is -0.137. The summed E-state index contributed by atoms with van der Waals surface area (Å²) in [6, 6.07) is 5.89. The van der Waals surface area contributed by atoms with E-state index in [4.69, 9.17) is 11.6 Å². The van der Waals surface area contributed by atoms with Crippen molar-refractivity contribution in [3.8, 4) is 0 Å². The van der Waals surface area contributed by atoms with E-state index >= 15 is 0 Å². The molecule has 9 nitrogen and oxygen atoms in total. The normalized spacial score (nSPS) is 19.1. The third kappa shape index (κ3) is 7.48. The Kier molecular flexibility index (Phi) is 10.0. The maximum absolute atomic E-state index is 13.9. The van der Waals surface area contributed by atoms with Crippen molar-refractivity contribution in [2.75, 3.05) is 62.0 Å². The smallest absolute Gasteiger partial charge is 0.368 e. The van der Waals surface area contributed by atoms with E-state index in [9.17, 15) is 27.6 Å². The van der Waals surface area contributed by atoms with Gasteiger partial charge in [-0.05, 0) is 58.1 Å². The van der Waals surface area contributed by atoms with Crippen LogP contribution in [0.5, 0.6) is 0 Å². The SMILES string of the molecule is Cc1cc(C(F)(F)F)cc(N2C(=O)C[C@@H]3CN(CCCCNC(=O)/C=C/CN(C)C)c4c(Cl)cccc4N(C)C(=O)[C@H]32)n1. The number of hydrogen-bond acceptors (Lipinski definition) is 6. The standard InChI is InChI=1S/C30H36ClF3N6O3/c1-19-15-21(30(32,33)34)17-24(36-19)40-26(42)16-20-18-39(14-6-5-12-35-25(41)11-8-13-37(2)3)28-22(31)9-7-10-23(28)38(4)29(43)27(20)40/h7-11,15,17,20,27H,5-6,12-14,16,18H2,1-4H3,(H,35,41)/b11-8+/t20-,27+/m1/s1. The van der Waals surface area contributed by atoms with Gasteiger partial charge in [0, 0.05) is 57.3 Å². The number of nitrogens with zero attached hydrogens (tertiary/aromatic N) is 5. The minimum Gasteiger partial charge on any atom is -0.368 e. The van der Waals surface area contributed by atoms with E-state index < -0.39 is 35.5 Å². The number of alkyl halides is 3. The first-order valence-corrected chi connectivity index (χ1v) is 14.4. The van der Waals surface area contributed by atoms with E-state index in [-0.39, 0.29) is 30.4 Å². The summed E-state index contributed by atoms with van der Waals surface area (Å²) >= 11 is 6.66. The Hall–Kier alpha value is -3.64. The first-order valence-electron chi connectivity index (χ1n) is 14.1. The molecular weight excluding hydrogens is 585 g/mol. The van der Waals surface area contributed by atoms with Gasteiger partial charge in [0.05, 0.1) is 22.0 Å². The summed E-state index contributed by atoms with van der Waals surface area (Å²) in [6.45, 7) is 3.34. The van der Waals surface area contributed by atoms with Crippen molar-refractivity contribution in [1.29, 1.82) is 0 Å². The number of pyridine rings is 1. The van der Waals surface area contributed by atoms with Gasteiger partial charge in [0.25, 0.3) is 0 Å². The molecule has 0 radical (unpaired) electrons. The number of fused-ring (bicyclic) bond motifs is 2. The second-order valence-electron chi connectivity index (χ2n) is 11.1. The van der Waals surface area contributed by atoms with E-state index in [1.54, 1.807) is 31.3 Å². The number of carbonyl (C=O) groups excluding carboxylic acids is 3. The van der Waals surface area contributed by atoms with Crippen LogP contribution in [0.2, 0.25) is 5.02 Å². The van der Waals surface area contributed by atoms with Crippen molar-refractivity contribution >= 4 is 46.5 Å². The fourth-order valence-corrected chi connectivity index (χ4v) is 5.83. The van der Waals surface area contributed by atoms with Gasteiger partial charge in [-0.15, -0.1) is 0 Å². The number of benzene rings is 1. The van der Waals surface area contributed by atoms with Crippen LogP contribution in [0, 0.1) is 12.8 Å². The number of aryl methyl sites for hydroxylation is 1. The highest BCUT2D eigenvalue weighted by atomic mass is 35.5. The fourth-order valence-electron chi connectivity index (χ4n) is 5.54. The number of rotatable bonds is 9. The average molecular weight is 621 g/mol. The molecule has 1 N–H and O–H groups in total. The molecule has 4 rings (SSSR count). The molecule has 0 bridgehead atoms. The Morgan fingerprint density at radius 3 is 2.65 bits per heavy atom. The molecule has 2 aromatic rings. The third-order valence-corrected chi connectivity index (χ3v) is 7.82. The molecule has 0 spiro atoms. The Morgan fingerprint density at radius 1 is 1.21 bits per heavy atom. The molecule has 232 valence electrons. The number of hydrogen-bond donors (Lipinski definition) is 1. The van der Waals surface area contributed by atoms with Crippen LogP contribution < -0.4 is 20.0 Å². The highest BCUT2D eigenvalue weighted by molar-refractivity contribution is 6.34. The van der Waals surface area contributed by atoms with Gasteiger partial charge >= 0.3 is 6.18 Å². The second kappa shape index (κ2) is 13.3. The molecule has 2 aliphatic heterocycles. The molecule has 0 aliphatic carbocycles. The highest BCUT2D eigenvalue weighted by Crippen LogP contribution is 2.43. The van der Waals surface area contributed by atoms with Gasteiger partial charge in [-0.1, -0.05) is 23.7 Å². The van der Waals surface area contributed by atoms with Crippen LogP contribution in [0.4, 0.5) is 30.4 Å². The minimum absolute atomic E-state index is 0.0349. The van der Waals surface area contributed by atoms with Crippen molar-refractivity contribution < 1.29 is 27.6 Å². The van der Waals surface area contributed by atoms with Crippen molar-refractivity contribution in [2.24, 2.45) is 5.92 Å². The number of para-hydroxylation sites is 1. The number of anilines is 3. The predicted octanol–water partition coefficient (Wildman–Crippen LogP) is 4.28. The average Bonchev–Trinajstić information content (AvgIpc) is 3.24. The Bertz CT molecular complexity index is 1400. The van der Waals surface area contributed by atoms with Crippen LogP contribution in [-0.2, 0) is 20.6 Å². The predicted molar refractivity (Wildman–Crippen MR) is 160 cm³/mol. The third-order valence-electron chi connectivity index (χ3n) is 7.52. The molecule has 1 saturated heterocycles. The van der Waals surface area contributed by atoms with Gasteiger partial charge in [0.15, 0.2) is 0 Å².